The van der Waals surface area contributed by atoms with E-state index in [1.165, 1.54) is 0 Å². The van der Waals surface area contributed by atoms with Gasteiger partial charge in [-0.3, -0.25) is 0 Å². The van der Waals surface area contributed by atoms with Crippen LogP contribution in [0.3, 0.4) is 0 Å². The number of aliphatic hydroxyl groups excluding tert-OH is 2. The van der Waals surface area contributed by atoms with E-state index >= 15 is 0 Å². The fourth-order valence-electron chi connectivity index (χ4n) is 1.88. The molecule has 0 unspecified atom stereocenters. The van der Waals surface area contributed by atoms with E-state index in [-0.39, 0.29) is 12.6 Å². The van der Waals surface area contributed by atoms with Gasteiger partial charge in [0.05, 0.1) is 12.6 Å². The number of nitrogens with one attached hydrogen (secondary N) is 1. The molecule has 0 spiro atoms. The molecule has 0 bridgehead atoms. The molecule has 0 aliphatic heterocycles. The highest BCUT2D eigenvalue weighted by atomic mass is 16.3. The normalized spacial score (nSPS) is 13.9. The molecule has 0 aliphatic carbocycles. The largest absolute Gasteiger partial charge is 0.394 e. The summed E-state index contributed by atoms with van der Waals surface area (Å²) in [6.45, 7) is -0.278. The first-order valence-corrected chi connectivity index (χ1v) is 5.96. The lowest BCUT2D eigenvalue weighted by molar-refractivity contribution is 0.0795. The van der Waals surface area contributed by atoms with Crippen LogP contribution in [0.2, 0.25) is 0 Å². The lowest BCUT2D eigenvalue weighted by atomic mass is 10.0. The zero-order valence-electron chi connectivity index (χ0n) is 10.0. The monoisotopic (exact) mass is 243 g/mol. The van der Waals surface area contributed by atoms with Crippen molar-refractivity contribution in [2.24, 2.45) is 0 Å². The summed E-state index contributed by atoms with van der Waals surface area (Å²) in [5.74, 6) is 0. The van der Waals surface area contributed by atoms with Gasteiger partial charge in [-0.1, -0.05) is 48.5 Å². The van der Waals surface area contributed by atoms with Crippen LogP contribution in [0, 0.1) is 0 Å². The molecule has 2 aromatic rings. The number of benzene rings is 2. The molecule has 94 valence electrons. The minimum atomic E-state index is -0.840. The third-order valence-corrected chi connectivity index (χ3v) is 2.83. The number of para-hydroxylation sites is 1. The average molecular weight is 243 g/mol. The fourth-order valence-corrected chi connectivity index (χ4v) is 1.88. The van der Waals surface area contributed by atoms with Crippen LogP contribution in [0.1, 0.15) is 11.6 Å². The van der Waals surface area contributed by atoms with Gasteiger partial charge in [0.25, 0.3) is 0 Å². The highest BCUT2D eigenvalue weighted by Crippen LogP contribution is 2.22. The molecule has 0 amide bonds. The van der Waals surface area contributed by atoms with Crippen molar-refractivity contribution < 1.29 is 10.2 Å². The van der Waals surface area contributed by atoms with Crippen LogP contribution in [-0.2, 0) is 0 Å². The summed E-state index contributed by atoms with van der Waals surface area (Å²) in [5, 5.41) is 22.3. The molecule has 0 radical (unpaired) electrons. The third-order valence-electron chi connectivity index (χ3n) is 2.83. The summed E-state index contributed by atoms with van der Waals surface area (Å²) in [6.07, 6.45) is -0.840. The van der Waals surface area contributed by atoms with E-state index in [2.05, 4.69) is 5.32 Å². The Morgan fingerprint density at radius 2 is 1.44 bits per heavy atom. The van der Waals surface area contributed by atoms with Gasteiger partial charge in [-0.2, -0.15) is 0 Å². The zero-order chi connectivity index (χ0) is 12.8. The molecule has 3 heteroatoms. The lowest BCUT2D eigenvalue weighted by Gasteiger charge is -2.24. The molecule has 0 saturated heterocycles. The van der Waals surface area contributed by atoms with Crippen molar-refractivity contribution >= 4 is 5.69 Å². The van der Waals surface area contributed by atoms with Crippen LogP contribution in [-0.4, -0.2) is 22.9 Å². The maximum absolute atomic E-state index is 9.92. The van der Waals surface area contributed by atoms with Crippen molar-refractivity contribution in [2.75, 3.05) is 11.9 Å². The summed E-state index contributed by atoms with van der Waals surface area (Å²) in [5.41, 5.74) is 1.86. The third kappa shape index (κ3) is 3.09. The molecular weight excluding hydrogens is 226 g/mol. The van der Waals surface area contributed by atoms with E-state index in [0.717, 1.165) is 11.3 Å². The Labute approximate surface area is 107 Å². The van der Waals surface area contributed by atoms with Crippen molar-refractivity contribution in [3.8, 4) is 0 Å². The van der Waals surface area contributed by atoms with Crippen molar-refractivity contribution in [3.63, 3.8) is 0 Å². The first kappa shape index (κ1) is 12.6. The number of hydrogen-bond acceptors (Lipinski definition) is 3. The molecule has 0 heterocycles. The maximum atomic E-state index is 9.92. The Morgan fingerprint density at radius 3 is 2.00 bits per heavy atom. The van der Waals surface area contributed by atoms with Gasteiger partial charge in [-0.15, -0.1) is 0 Å². The first-order valence-electron chi connectivity index (χ1n) is 5.96. The molecular formula is C15H17NO2. The molecule has 0 aromatic heterocycles. The van der Waals surface area contributed by atoms with E-state index in [1.807, 2.05) is 60.7 Å². The minimum Gasteiger partial charge on any atom is -0.394 e. The van der Waals surface area contributed by atoms with Gasteiger partial charge in [-0.25, -0.2) is 0 Å². The second kappa shape index (κ2) is 6.19. The molecule has 0 aliphatic rings. The quantitative estimate of drug-likeness (QED) is 0.754. The summed E-state index contributed by atoms with van der Waals surface area (Å²) >= 11 is 0. The molecule has 3 N–H and O–H groups in total. The molecule has 2 aromatic carbocycles. The first-order chi connectivity index (χ1) is 8.81. The van der Waals surface area contributed by atoms with Crippen molar-refractivity contribution in [1.82, 2.24) is 0 Å². The van der Waals surface area contributed by atoms with Gasteiger partial charge in [0, 0.05) is 5.69 Å². The molecule has 2 rings (SSSR count). The fraction of sp³-hybridized carbons (Fsp3) is 0.200. The molecule has 2 atom stereocenters. The van der Waals surface area contributed by atoms with E-state index in [9.17, 15) is 5.11 Å². The SMILES string of the molecule is OC[C@H](O)[C@H](Nc1ccccc1)c1ccccc1. The van der Waals surface area contributed by atoms with E-state index < -0.39 is 6.10 Å². The Hall–Kier alpha value is -1.84. The van der Waals surface area contributed by atoms with E-state index in [0.29, 0.717) is 0 Å². The van der Waals surface area contributed by atoms with Crippen LogP contribution in [0.5, 0.6) is 0 Å². The second-order valence-corrected chi connectivity index (χ2v) is 4.15. The number of rotatable bonds is 5. The van der Waals surface area contributed by atoms with Gasteiger partial charge in [-0.05, 0) is 17.7 Å². The molecule has 0 saturated carbocycles. The molecule has 0 fully saturated rings. The predicted molar refractivity (Wildman–Crippen MR) is 72.3 cm³/mol. The second-order valence-electron chi connectivity index (χ2n) is 4.15. The van der Waals surface area contributed by atoms with Crippen molar-refractivity contribution in [1.29, 1.82) is 0 Å². The smallest absolute Gasteiger partial charge is 0.101 e. The van der Waals surface area contributed by atoms with E-state index in [1.54, 1.807) is 0 Å². The Balaban J connectivity index is 2.21. The van der Waals surface area contributed by atoms with Gasteiger partial charge in [0.2, 0.25) is 0 Å². The topological polar surface area (TPSA) is 52.5 Å². The number of hydrogen-bond donors (Lipinski definition) is 3. The van der Waals surface area contributed by atoms with Crippen LogP contribution in [0.25, 0.3) is 0 Å². The molecule has 3 nitrogen and oxygen atoms in total. The Bertz CT molecular complexity index is 458. The Kier molecular flexibility index (Phi) is 4.34. The highest BCUT2D eigenvalue weighted by molar-refractivity contribution is 5.45. The van der Waals surface area contributed by atoms with Gasteiger partial charge < -0.3 is 15.5 Å². The van der Waals surface area contributed by atoms with Crippen LogP contribution < -0.4 is 5.32 Å². The minimum absolute atomic E-state index is 0.278. The van der Waals surface area contributed by atoms with Crippen molar-refractivity contribution in [2.45, 2.75) is 12.1 Å². The zero-order valence-corrected chi connectivity index (χ0v) is 10.0. The summed E-state index contributed by atoms with van der Waals surface area (Å²) in [6, 6.07) is 18.9. The predicted octanol–water partition coefficient (Wildman–Crippen LogP) is 2.19. The van der Waals surface area contributed by atoms with E-state index in [4.69, 9.17) is 5.11 Å². The summed E-state index contributed by atoms with van der Waals surface area (Å²) in [7, 11) is 0. The summed E-state index contributed by atoms with van der Waals surface area (Å²) in [4.78, 5) is 0. The molecule has 18 heavy (non-hydrogen) atoms. The maximum Gasteiger partial charge on any atom is 0.101 e. The van der Waals surface area contributed by atoms with Crippen molar-refractivity contribution in [3.05, 3.63) is 66.2 Å². The standard InChI is InChI=1S/C15H17NO2/c17-11-14(18)15(12-7-3-1-4-8-12)16-13-9-5-2-6-10-13/h1-10,14-18H,11H2/t14-,15+/m0/s1. The van der Waals surface area contributed by atoms with Gasteiger partial charge in [0.15, 0.2) is 0 Å². The van der Waals surface area contributed by atoms with Gasteiger partial charge >= 0.3 is 0 Å². The number of aliphatic hydroxyl groups is 2. The van der Waals surface area contributed by atoms with Crippen LogP contribution in [0.15, 0.2) is 60.7 Å². The van der Waals surface area contributed by atoms with Crippen LogP contribution in [0.4, 0.5) is 5.69 Å². The number of anilines is 1. The van der Waals surface area contributed by atoms with Gasteiger partial charge in [0.1, 0.15) is 6.10 Å². The Morgan fingerprint density at radius 1 is 0.889 bits per heavy atom. The lowest BCUT2D eigenvalue weighted by Crippen LogP contribution is -2.28. The van der Waals surface area contributed by atoms with Crippen LogP contribution >= 0.6 is 0 Å². The summed E-state index contributed by atoms with van der Waals surface area (Å²) < 4.78 is 0. The average Bonchev–Trinajstić information content (AvgIpc) is 2.46. The highest BCUT2D eigenvalue weighted by Gasteiger charge is 2.19.